The number of nitrogens with zero attached hydrogens (tertiary/aromatic N) is 3. The standard InChI is InChI=1S/C12H25N3S2/c1-4-14(5-2)10-11-17-12(16)15-8-6-13(3)7-9-15/h4-11H2,1-3H3. The smallest absolute Gasteiger partial charge is 0.136 e. The maximum Gasteiger partial charge on any atom is 0.136 e. The molecule has 1 rings (SSSR count). The Morgan fingerprint density at radius 3 is 2.29 bits per heavy atom. The zero-order valence-corrected chi connectivity index (χ0v) is 12.9. The van der Waals surface area contributed by atoms with Gasteiger partial charge in [-0.3, -0.25) is 0 Å². The van der Waals surface area contributed by atoms with Gasteiger partial charge in [0.25, 0.3) is 0 Å². The molecule has 100 valence electrons. The number of thioether (sulfide) groups is 1. The summed E-state index contributed by atoms with van der Waals surface area (Å²) in [5.41, 5.74) is 0. The highest BCUT2D eigenvalue weighted by atomic mass is 32.2. The van der Waals surface area contributed by atoms with Gasteiger partial charge in [-0.15, -0.1) is 0 Å². The van der Waals surface area contributed by atoms with Gasteiger partial charge in [0.15, 0.2) is 0 Å². The highest BCUT2D eigenvalue weighted by molar-refractivity contribution is 8.22. The van der Waals surface area contributed by atoms with Crippen molar-refractivity contribution in [1.29, 1.82) is 0 Å². The van der Waals surface area contributed by atoms with Crippen molar-refractivity contribution < 1.29 is 0 Å². The van der Waals surface area contributed by atoms with Crippen molar-refractivity contribution in [2.24, 2.45) is 0 Å². The van der Waals surface area contributed by atoms with Crippen LogP contribution in [-0.2, 0) is 0 Å². The second-order valence-corrected chi connectivity index (χ2v) is 6.16. The first-order valence-corrected chi connectivity index (χ1v) is 7.89. The second-order valence-electron chi connectivity index (χ2n) is 4.43. The van der Waals surface area contributed by atoms with E-state index in [0.717, 1.165) is 55.9 Å². The van der Waals surface area contributed by atoms with Gasteiger partial charge < -0.3 is 14.7 Å². The summed E-state index contributed by atoms with van der Waals surface area (Å²) in [6, 6.07) is 0. The first-order chi connectivity index (χ1) is 8.17. The van der Waals surface area contributed by atoms with Crippen molar-refractivity contribution >= 4 is 28.3 Å². The monoisotopic (exact) mass is 275 g/mol. The molecule has 0 aromatic heterocycles. The van der Waals surface area contributed by atoms with Gasteiger partial charge in [-0.05, 0) is 20.1 Å². The van der Waals surface area contributed by atoms with Crippen molar-refractivity contribution in [3.05, 3.63) is 0 Å². The third kappa shape index (κ3) is 5.55. The van der Waals surface area contributed by atoms with E-state index in [1.807, 2.05) is 11.8 Å². The fourth-order valence-electron chi connectivity index (χ4n) is 1.88. The number of hydrogen-bond acceptors (Lipinski definition) is 4. The van der Waals surface area contributed by atoms with Crippen LogP contribution in [0.25, 0.3) is 0 Å². The van der Waals surface area contributed by atoms with Gasteiger partial charge in [0.05, 0.1) is 0 Å². The third-order valence-corrected chi connectivity index (χ3v) is 4.79. The summed E-state index contributed by atoms with van der Waals surface area (Å²) < 4.78 is 1.09. The Bertz CT molecular complexity index is 224. The quantitative estimate of drug-likeness (QED) is 0.703. The van der Waals surface area contributed by atoms with Gasteiger partial charge in [-0.2, -0.15) is 0 Å². The minimum atomic E-state index is 1.09. The van der Waals surface area contributed by atoms with Crippen LogP contribution < -0.4 is 0 Å². The van der Waals surface area contributed by atoms with Crippen molar-refractivity contribution in [2.45, 2.75) is 13.8 Å². The van der Waals surface area contributed by atoms with E-state index in [4.69, 9.17) is 12.2 Å². The third-order valence-electron chi connectivity index (χ3n) is 3.29. The van der Waals surface area contributed by atoms with Gasteiger partial charge in [-0.1, -0.05) is 37.8 Å². The number of likely N-dealkylation sites (N-methyl/N-ethyl adjacent to an activating group) is 1. The molecule has 0 aliphatic carbocycles. The molecule has 1 aliphatic rings. The molecule has 0 amide bonds. The minimum absolute atomic E-state index is 1.09. The maximum absolute atomic E-state index is 5.49. The van der Waals surface area contributed by atoms with Gasteiger partial charge >= 0.3 is 0 Å². The molecule has 5 heteroatoms. The van der Waals surface area contributed by atoms with E-state index < -0.39 is 0 Å². The minimum Gasteiger partial charge on any atom is -0.355 e. The van der Waals surface area contributed by atoms with Crippen LogP contribution in [0.2, 0.25) is 0 Å². The maximum atomic E-state index is 5.49. The molecule has 3 nitrogen and oxygen atoms in total. The Kier molecular flexibility index (Phi) is 7.43. The number of piperazine rings is 1. The van der Waals surface area contributed by atoms with Crippen molar-refractivity contribution in [2.75, 3.05) is 58.6 Å². The lowest BCUT2D eigenvalue weighted by Gasteiger charge is -2.33. The Morgan fingerprint density at radius 2 is 1.76 bits per heavy atom. The van der Waals surface area contributed by atoms with Gasteiger partial charge in [0.2, 0.25) is 0 Å². The van der Waals surface area contributed by atoms with Gasteiger partial charge in [0, 0.05) is 38.5 Å². The van der Waals surface area contributed by atoms with Crippen molar-refractivity contribution in [3.8, 4) is 0 Å². The van der Waals surface area contributed by atoms with Crippen LogP contribution in [0.15, 0.2) is 0 Å². The van der Waals surface area contributed by atoms with Crippen LogP contribution in [0.5, 0.6) is 0 Å². The lowest BCUT2D eigenvalue weighted by Crippen LogP contribution is -2.46. The molecule has 0 aromatic carbocycles. The zero-order valence-electron chi connectivity index (χ0n) is 11.3. The molecular formula is C12H25N3S2. The Balaban J connectivity index is 2.16. The normalized spacial score (nSPS) is 17.8. The molecule has 0 N–H and O–H groups in total. The Hall–Kier alpha value is 0.160. The Labute approximate surface area is 116 Å². The van der Waals surface area contributed by atoms with E-state index in [1.54, 1.807) is 0 Å². The fraction of sp³-hybridized carbons (Fsp3) is 0.917. The van der Waals surface area contributed by atoms with E-state index in [0.29, 0.717) is 0 Å². The predicted molar refractivity (Wildman–Crippen MR) is 81.9 cm³/mol. The van der Waals surface area contributed by atoms with Crippen LogP contribution in [0, 0.1) is 0 Å². The highest BCUT2D eigenvalue weighted by Crippen LogP contribution is 2.12. The first kappa shape index (κ1) is 15.2. The van der Waals surface area contributed by atoms with E-state index in [-0.39, 0.29) is 0 Å². The fourth-order valence-corrected chi connectivity index (χ4v) is 3.20. The van der Waals surface area contributed by atoms with Crippen molar-refractivity contribution in [1.82, 2.24) is 14.7 Å². The molecule has 1 fully saturated rings. The summed E-state index contributed by atoms with van der Waals surface area (Å²) in [4.78, 5) is 7.15. The van der Waals surface area contributed by atoms with Crippen LogP contribution in [0.4, 0.5) is 0 Å². The molecule has 1 saturated heterocycles. The summed E-state index contributed by atoms with van der Waals surface area (Å²) in [7, 11) is 2.17. The molecule has 1 aliphatic heterocycles. The first-order valence-electron chi connectivity index (χ1n) is 6.50. The molecule has 0 unspecified atom stereocenters. The van der Waals surface area contributed by atoms with Crippen LogP contribution in [0.3, 0.4) is 0 Å². The highest BCUT2D eigenvalue weighted by Gasteiger charge is 2.16. The second kappa shape index (κ2) is 8.29. The van der Waals surface area contributed by atoms with E-state index in [1.165, 1.54) is 0 Å². The molecule has 1 heterocycles. The predicted octanol–water partition coefficient (Wildman–Crippen LogP) is 1.59. The summed E-state index contributed by atoms with van der Waals surface area (Å²) in [5.74, 6) is 1.12. The molecular weight excluding hydrogens is 250 g/mol. The zero-order chi connectivity index (χ0) is 12.7. The molecule has 0 radical (unpaired) electrons. The summed E-state index contributed by atoms with van der Waals surface area (Å²) >= 11 is 7.33. The summed E-state index contributed by atoms with van der Waals surface area (Å²) in [5, 5.41) is 0. The van der Waals surface area contributed by atoms with Gasteiger partial charge in [-0.25, -0.2) is 0 Å². The van der Waals surface area contributed by atoms with Gasteiger partial charge in [0.1, 0.15) is 4.32 Å². The lowest BCUT2D eigenvalue weighted by atomic mass is 10.4. The van der Waals surface area contributed by atoms with E-state index >= 15 is 0 Å². The van der Waals surface area contributed by atoms with Crippen LogP contribution in [0.1, 0.15) is 13.8 Å². The number of hydrogen-bond donors (Lipinski definition) is 0. The average molecular weight is 275 g/mol. The average Bonchev–Trinajstić information content (AvgIpc) is 2.35. The Morgan fingerprint density at radius 1 is 1.18 bits per heavy atom. The molecule has 0 aromatic rings. The summed E-state index contributed by atoms with van der Waals surface area (Å²) in [6.45, 7) is 12.3. The molecule has 0 atom stereocenters. The van der Waals surface area contributed by atoms with Crippen LogP contribution in [-0.4, -0.2) is 77.6 Å². The van der Waals surface area contributed by atoms with Crippen LogP contribution >= 0.6 is 24.0 Å². The SMILES string of the molecule is CCN(CC)CCSC(=S)N1CCN(C)CC1. The largest absolute Gasteiger partial charge is 0.355 e. The number of rotatable bonds is 5. The number of thiocarbonyl (C=S) groups is 1. The molecule has 0 spiro atoms. The molecule has 17 heavy (non-hydrogen) atoms. The lowest BCUT2D eigenvalue weighted by molar-refractivity contribution is 0.220. The van der Waals surface area contributed by atoms with Crippen molar-refractivity contribution in [3.63, 3.8) is 0 Å². The van der Waals surface area contributed by atoms with E-state index in [2.05, 4.69) is 35.6 Å². The molecule has 0 saturated carbocycles. The van der Waals surface area contributed by atoms with E-state index in [9.17, 15) is 0 Å². The molecule has 0 bridgehead atoms. The topological polar surface area (TPSA) is 9.72 Å². The summed E-state index contributed by atoms with van der Waals surface area (Å²) in [6.07, 6.45) is 0.